The average molecular weight is 452 g/mol. The lowest BCUT2D eigenvalue weighted by atomic mass is 10.2. The molecule has 1 saturated heterocycles. The van der Waals surface area contributed by atoms with Crippen molar-refractivity contribution in [1.29, 1.82) is 0 Å². The van der Waals surface area contributed by atoms with Crippen molar-refractivity contribution in [2.75, 3.05) is 31.1 Å². The number of benzene rings is 2. The molecule has 0 N–H and O–H groups in total. The Morgan fingerprint density at radius 1 is 0.862 bits per heavy atom. The first-order valence-electron chi connectivity index (χ1n) is 9.40. The van der Waals surface area contributed by atoms with E-state index in [1.165, 1.54) is 0 Å². The summed E-state index contributed by atoms with van der Waals surface area (Å²) in [5, 5.41) is 1.43. The minimum Gasteiger partial charge on any atom is -0.368 e. The molecule has 0 spiro atoms. The van der Waals surface area contributed by atoms with E-state index >= 15 is 0 Å². The molecule has 5 nitrogen and oxygen atoms in total. The zero-order valence-electron chi connectivity index (χ0n) is 16.0. The second kappa shape index (κ2) is 8.44. The Morgan fingerprint density at radius 3 is 2.24 bits per heavy atom. The van der Waals surface area contributed by atoms with Crippen molar-refractivity contribution in [3.8, 4) is 5.69 Å². The molecule has 29 heavy (non-hydrogen) atoms. The fourth-order valence-electron chi connectivity index (χ4n) is 3.74. The van der Waals surface area contributed by atoms with Crippen molar-refractivity contribution in [1.82, 2.24) is 14.3 Å². The lowest BCUT2D eigenvalue weighted by Gasteiger charge is -2.36. The summed E-state index contributed by atoms with van der Waals surface area (Å²) in [7, 11) is 1.87. The lowest BCUT2D eigenvalue weighted by molar-refractivity contribution is 0.243. The van der Waals surface area contributed by atoms with Gasteiger partial charge in [0.1, 0.15) is 5.02 Å². The first-order chi connectivity index (χ1) is 14.0. The van der Waals surface area contributed by atoms with Gasteiger partial charge in [-0.1, -0.05) is 59.1 Å². The van der Waals surface area contributed by atoms with E-state index in [1.807, 2.05) is 54.2 Å². The SMILES string of the molecule is Cn1c(CN2CCN(c3cccc(Cl)c3Cl)CC2)c(Cl)c(=O)n1-c1ccccc1. The highest BCUT2D eigenvalue weighted by Crippen LogP contribution is 2.33. The molecule has 8 heteroatoms. The van der Waals surface area contributed by atoms with Gasteiger partial charge in [0, 0.05) is 39.8 Å². The number of nitrogens with zero attached hydrogens (tertiary/aromatic N) is 4. The smallest absolute Gasteiger partial charge is 0.290 e. The maximum atomic E-state index is 12.7. The molecule has 1 fully saturated rings. The maximum absolute atomic E-state index is 12.7. The van der Waals surface area contributed by atoms with Crippen LogP contribution in [-0.4, -0.2) is 40.4 Å². The summed E-state index contributed by atoms with van der Waals surface area (Å²) in [5.74, 6) is 0. The topological polar surface area (TPSA) is 33.4 Å². The van der Waals surface area contributed by atoms with Gasteiger partial charge in [0.2, 0.25) is 0 Å². The molecule has 4 rings (SSSR count). The van der Waals surface area contributed by atoms with Gasteiger partial charge in [-0.3, -0.25) is 14.4 Å². The molecule has 2 heterocycles. The minimum absolute atomic E-state index is 0.195. The molecule has 1 aliphatic rings. The van der Waals surface area contributed by atoms with Crippen LogP contribution in [0.25, 0.3) is 5.69 Å². The summed E-state index contributed by atoms with van der Waals surface area (Å²) in [6.07, 6.45) is 0. The van der Waals surface area contributed by atoms with E-state index in [2.05, 4.69) is 9.80 Å². The van der Waals surface area contributed by atoms with Gasteiger partial charge in [-0.25, -0.2) is 4.68 Å². The van der Waals surface area contributed by atoms with E-state index in [0.29, 0.717) is 16.6 Å². The van der Waals surface area contributed by atoms with Crippen LogP contribution in [0, 0.1) is 0 Å². The second-order valence-corrected chi connectivity index (χ2v) is 8.24. The van der Waals surface area contributed by atoms with E-state index in [1.54, 1.807) is 10.7 Å². The minimum atomic E-state index is -0.195. The predicted octanol–water partition coefficient (Wildman–Crippen LogP) is 4.46. The third-order valence-electron chi connectivity index (χ3n) is 5.34. The van der Waals surface area contributed by atoms with Crippen LogP contribution in [0.4, 0.5) is 5.69 Å². The summed E-state index contributed by atoms with van der Waals surface area (Å²) in [6.45, 7) is 3.94. The van der Waals surface area contributed by atoms with E-state index in [4.69, 9.17) is 34.8 Å². The van der Waals surface area contributed by atoms with Gasteiger partial charge in [0.05, 0.1) is 27.1 Å². The summed E-state index contributed by atoms with van der Waals surface area (Å²) < 4.78 is 3.46. The quantitative estimate of drug-likeness (QED) is 0.587. The third-order valence-corrected chi connectivity index (χ3v) is 6.53. The van der Waals surface area contributed by atoms with Gasteiger partial charge < -0.3 is 4.90 Å². The van der Waals surface area contributed by atoms with Crippen molar-refractivity contribution < 1.29 is 0 Å². The first kappa shape index (κ1) is 20.4. The summed E-state index contributed by atoms with van der Waals surface area (Å²) >= 11 is 18.9. The molecular weight excluding hydrogens is 431 g/mol. The van der Waals surface area contributed by atoms with Gasteiger partial charge >= 0.3 is 0 Å². The number of aromatic nitrogens is 2. The Kier molecular flexibility index (Phi) is 5.93. The number of para-hydroxylation sites is 1. The fraction of sp³-hybridized carbons (Fsp3) is 0.286. The van der Waals surface area contributed by atoms with Crippen LogP contribution in [0.3, 0.4) is 0 Å². The number of hydrogen-bond donors (Lipinski definition) is 0. The van der Waals surface area contributed by atoms with Crippen LogP contribution in [-0.2, 0) is 13.6 Å². The molecule has 0 amide bonds. The summed E-state index contributed by atoms with van der Waals surface area (Å²) in [4.78, 5) is 17.2. The van der Waals surface area contributed by atoms with Crippen LogP contribution < -0.4 is 10.5 Å². The second-order valence-electron chi connectivity index (χ2n) is 7.07. The Labute approximate surface area is 184 Å². The molecular formula is C21H21Cl3N4O. The molecule has 0 radical (unpaired) electrons. The predicted molar refractivity (Wildman–Crippen MR) is 120 cm³/mol. The summed E-state index contributed by atoms with van der Waals surface area (Å²) in [5.41, 5.74) is 2.38. The molecule has 3 aromatic rings. The Hall–Kier alpha value is -1.92. The maximum Gasteiger partial charge on any atom is 0.290 e. The van der Waals surface area contributed by atoms with E-state index in [0.717, 1.165) is 43.2 Å². The largest absolute Gasteiger partial charge is 0.368 e. The van der Waals surface area contributed by atoms with Crippen LogP contribution in [0.15, 0.2) is 53.3 Å². The summed E-state index contributed by atoms with van der Waals surface area (Å²) in [6, 6.07) is 15.2. The Balaban J connectivity index is 1.50. The van der Waals surface area contributed by atoms with E-state index in [9.17, 15) is 4.79 Å². The van der Waals surface area contributed by atoms with Crippen LogP contribution >= 0.6 is 34.8 Å². The molecule has 0 aliphatic carbocycles. The molecule has 0 atom stereocenters. The third kappa shape index (κ3) is 3.92. The molecule has 0 bridgehead atoms. The Bertz CT molecular complexity index is 1070. The van der Waals surface area contributed by atoms with Gasteiger partial charge in [0.15, 0.2) is 0 Å². The number of rotatable bonds is 4. The lowest BCUT2D eigenvalue weighted by Crippen LogP contribution is -2.46. The number of anilines is 1. The monoisotopic (exact) mass is 450 g/mol. The molecule has 152 valence electrons. The first-order valence-corrected chi connectivity index (χ1v) is 10.5. The van der Waals surface area contributed by atoms with Crippen molar-refractivity contribution in [2.45, 2.75) is 6.54 Å². The standard InChI is InChI=1S/C21H21Cl3N4O/c1-25-18(20(24)21(29)28(25)15-6-3-2-4-7-15)14-26-10-12-27(13-11-26)17-9-5-8-16(22)19(17)23/h2-9H,10-14H2,1H3. The van der Waals surface area contributed by atoms with Gasteiger partial charge in [-0.15, -0.1) is 0 Å². The highest BCUT2D eigenvalue weighted by atomic mass is 35.5. The number of piperazine rings is 1. The highest BCUT2D eigenvalue weighted by molar-refractivity contribution is 6.43. The van der Waals surface area contributed by atoms with Gasteiger partial charge in [-0.2, -0.15) is 0 Å². The van der Waals surface area contributed by atoms with Crippen molar-refractivity contribution in [3.63, 3.8) is 0 Å². The molecule has 0 unspecified atom stereocenters. The van der Waals surface area contributed by atoms with Crippen LogP contribution in [0.5, 0.6) is 0 Å². The number of halogens is 3. The van der Waals surface area contributed by atoms with Crippen molar-refractivity contribution >= 4 is 40.5 Å². The molecule has 1 aliphatic heterocycles. The fourth-order valence-corrected chi connectivity index (χ4v) is 4.42. The average Bonchev–Trinajstić information content (AvgIpc) is 2.94. The number of hydrogen-bond acceptors (Lipinski definition) is 3. The van der Waals surface area contributed by atoms with Gasteiger partial charge in [-0.05, 0) is 24.3 Å². The highest BCUT2D eigenvalue weighted by Gasteiger charge is 2.24. The van der Waals surface area contributed by atoms with Gasteiger partial charge in [0.25, 0.3) is 5.56 Å². The van der Waals surface area contributed by atoms with E-state index in [-0.39, 0.29) is 10.6 Å². The molecule has 0 saturated carbocycles. The van der Waals surface area contributed by atoms with Crippen molar-refractivity contribution in [3.05, 3.63) is 79.6 Å². The molecule has 1 aromatic heterocycles. The zero-order chi connectivity index (χ0) is 20.5. The Morgan fingerprint density at radius 2 is 1.55 bits per heavy atom. The zero-order valence-corrected chi connectivity index (χ0v) is 18.3. The van der Waals surface area contributed by atoms with Crippen LogP contribution in [0.2, 0.25) is 15.1 Å². The van der Waals surface area contributed by atoms with E-state index < -0.39 is 0 Å². The van der Waals surface area contributed by atoms with Crippen molar-refractivity contribution in [2.24, 2.45) is 7.05 Å². The van der Waals surface area contributed by atoms with Crippen LogP contribution in [0.1, 0.15) is 5.69 Å². The molecule has 2 aromatic carbocycles. The normalized spacial score (nSPS) is 15.1.